The largest absolute Gasteiger partial charge is 0.416 e. The molecule has 2 aromatic rings. The highest BCUT2D eigenvalue weighted by Gasteiger charge is 2.30. The molecule has 120 valence electrons. The minimum Gasteiger partial charge on any atom is -0.393 e. The molecule has 2 atom stereocenters. The van der Waals surface area contributed by atoms with E-state index in [1.54, 1.807) is 13.0 Å². The number of anilines is 1. The van der Waals surface area contributed by atoms with Gasteiger partial charge in [-0.2, -0.15) is 13.2 Å². The van der Waals surface area contributed by atoms with Crippen LogP contribution in [0.4, 0.5) is 18.9 Å². The van der Waals surface area contributed by atoms with Gasteiger partial charge in [0.1, 0.15) is 0 Å². The second-order valence-electron chi connectivity index (χ2n) is 5.66. The highest BCUT2D eigenvalue weighted by atomic mass is 19.4. The van der Waals surface area contributed by atoms with E-state index in [0.29, 0.717) is 23.9 Å². The molecule has 2 unspecified atom stereocenters. The Morgan fingerprint density at radius 1 is 1.23 bits per heavy atom. The van der Waals surface area contributed by atoms with E-state index >= 15 is 0 Å². The van der Waals surface area contributed by atoms with E-state index < -0.39 is 11.7 Å². The molecule has 0 aliphatic heterocycles. The molecule has 3 nitrogen and oxygen atoms in total. The predicted molar refractivity (Wildman–Crippen MR) is 80.7 cm³/mol. The Morgan fingerprint density at radius 3 is 2.59 bits per heavy atom. The van der Waals surface area contributed by atoms with E-state index in [4.69, 9.17) is 0 Å². The highest BCUT2D eigenvalue weighted by molar-refractivity contribution is 5.91. The Balaban J connectivity index is 2.21. The lowest BCUT2D eigenvalue weighted by atomic mass is 10.0. The molecule has 0 saturated heterocycles. The van der Waals surface area contributed by atoms with Crippen LogP contribution in [0.5, 0.6) is 0 Å². The Kier molecular flexibility index (Phi) is 4.90. The minimum atomic E-state index is -4.37. The lowest BCUT2D eigenvalue weighted by Crippen LogP contribution is -2.16. The molecule has 0 saturated carbocycles. The third-order valence-electron chi connectivity index (χ3n) is 3.45. The number of aliphatic hydroxyl groups is 1. The van der Waals surface area contributed by atoms with Crippen LogP contribution in [-0.4, -0.2) is 22.7 Å². The third kappa shape index (κ3) is 4.10. The summed E-state index contributed by atoms with van der Waals surface area (Å²) in [5.74, 6) is 0.248. The van der Waals surface area contributed by atoms with E-state index in [0.717, 1.165) is 17.8 Å². The first-order chi connectivity index (χ1) is 10.3. The summed E-state index contributed by atoms with van der Waals surface area (Å²) in [4.78, 5) is 4.01. The van der Waals surface area contributed by atoms with Crippen molar-refractivity contribution < 1.29 is 18.3 Å². The minimum absolute atomic E-state index is 0.248. The molecule has 0 aliphatic rings. The Bertz CT molecular complexity index is 641. The molecule has 2 rings (SSSR count). The Labute approximate surface area is 127 Å². The van der Waals surface area contributed by atoms with Gasteiger partial charge in [0.25, 0.3) is 0 Å². The molecular weight excluding hydrogens is 293 g/mol. The van der Waals surface area contributed by atoms with E-state index in [-0.39, 0.29) is 12.0 Å². The summed E-state index contributed by atoms with van der Waals surface area (Å²) in [6.07, 6.45) is -2.59. The van der Waals surface area contributed by atoms with Crippen LogP contribution in [0.25, 0.3) is 10.9 Å². The maximum Gasteiger partial charge on any atom is 0.416 e. The summed E-state index contributed by atoms with van der Waals surface area (Å²) in [6.45, 7) is 4.37. The zero-order valence-electron chi connectivity index (χ0n) is 12.5. The van der Waals surface area contributed by atoms with Crippen molar-refractivity contribution in [3.63, 3.8) is 0 Å². The van der Waals surface area contributed by atoms with Gasteiger partial charge in [-0.25, -0.2) is 0 Å². The van der Waals surface area contributed by atoms with Crippen molar-refractivity contribution in [2.75, 3.05) is 11.9 Å². The number of nitrogens with zero attached hydrogens (tertiary/aromatic N) is 1. The van der Waals surface area contributed by atoms with Crippen molar-refractivity contribution in [3.8, 4) is 0 Å². The van der Waals surface area contributed by atoms with Gasteiger partial charge in [-0.3, -0.25) is 4.98 Å². The van der Waals surface area contributed by atoms with Crippen LogP contribution in [0.15, 0.2) is 30.5 Å². The average Bonchev–Trinajstić information content (AvgIpc) is 2.42. The Hall–Kier alpha value is -1.82. The molecule has 6 heteroatoms. The van der Waals surface area contributed by atoms with Gasteiger partial charge >= 0.3 is 6.18 Å². The summed E-state index contributed by atoms with van der Waals surface area (Å²) in [6, 6.07) is 5.30. The van der Waals surface area contributed by atoms with Gasteiger partial charge in [0.05, 0.1) is 17.2 Å². The zero-order chi connectivity index (χ0) is 16.3. The standard InChI is InChI=1S/C16H19F3N2O/c1-10(7-11(2)22)9-21-14-5-6-20-15-8-12(16(17,18)19)3-4-13(14)15/h3-6,8,10-11,22H,7,9H2,1-2H3,(H,20,21). The summed E-state index contributed by atoms with van der Waals surface area (Å²) >= 11 is 0. The third-order valence-corrected chi connectivity index (χ3v) is 3.45. The molecular formula is C16H19F3N2O. The van der Waals surface area contributed by atoms with E-state index in [2.05, 4.69) is 10.3 Å². The van der Waals surface area contributed by atoms with Crippen LogP contribution in [0, 0.1) is 5.92 Å². The first kappa shape index (κ1) is 16.5. The first-order valence-electron chi connectivity index (χ1n) is 7.15. The number of rotatable bonds is 5. The van der Waals surface area contributed by atoms with Gasteiger partial charge in [-0.05, 0) is 37.5 Å². The smallest absolute Gasteiger partial charge is 0.393 e. The second kappa shape index (κ2) is 6.52. The monoisotopic (exact) mass is 312 g/mol. The topological polar surface area (TPSA) is 45.1 Å². The number of halogens is 3. The number of pyridine rings is 1. The van der Waals surface area contributed by atoms with E-state index in [9.17, 15) is 18.3 Å². The fourth-order valence-corrected chi connectivity index (χ4v) is 2.43. The Morgan fingerprint density at radius 2 is 1.95 bits per heavy atom. The van der Waals surface area contributed by atoms with Gasteiger partial charge in [0, 0.05) is 23.8 Å². The molecule has 0 aliphatic carbocycles. The lowest BCUT2D eigenvalue weighted by molar-refractivity contribution is -0.137. The van der Waals surface area contributed by atoms with Crippen LogP contribution < -0.4 is 5.32 Å². The fourth-order valence-electron chi connectivity index (χ4n) is 2.43. The predicted octanol–water partition coefficient (Wildman–Crippen LogP) is 4.07. The number of fused-ring (bicyclic) bond motifs is 1. The molecule has 0 radical (unpaired) electrons. The number of nitrogens with one attached hydrogen (secondary N) is 1. The number of benzene rings is 1. The van der Waals surface area contributed by atoms with Crippen LogP contribution in [0.2, 0.25) is 0 Å². The molecule has 0 amide bonds. The molecule has 1 heterocycles. The van der Waals surface area contributed by atoms with Crippen LogP contribution in [-0.2, 0) is 6.18 Å². The molecule has 1 aromatic heterocycles. The van der Waals surface area contributed by atoms with Crippen molar-refractivity contribution in [3.05, 3.63) is 36.0 Å². The second-order valence-corrected chi connectivity index (χ2v) is 5.66. The fraction of sp³-hybridized carbons (Fsp3) is 0.438. The van der Waals surface area contributed by atoms with Gasteiger partial charge in [0.2, 0.25) is 0 Å². The number of hydrogen-bond donors (Lipinski definition) is 2. The van der Waals surface area contributed by atoms with Crippen LogP contribution >= 0.6 is 0 Å². The SMILES string of the molecule is CC(O)CC(C)CNc1ccnc2cc(C(F)(F)F)ccc12. The normalized spacial score (nSPS) is 14.8. The highest BCUT2D eigenvalue weighted by Crippen LogP contribution is 2.32. The molecule has 0 fully saturated rings. The van der Waals surface area contributed by atoms with Gasteiger partial charge in [-0.1, -0.05) is 13.0 Å². The van der Waals surface area contributed by atoms with Crippen molar-refractivity contribution in [2.45, 2.75) is 32.5 Å². The van der Waals surface area contributed by atoms with Crippen LogP contribution in [0.3, 0.4) is 0 Å². The maximum atomic E-state index is 12.7. The number of hydrogen-bond acceptors (Lipinski definition) is 3. The summed E-state index contributed by atoms with van der Waals surface area (Å²) in [5, 5.41) is 13.2. The van der Waals surface area contributed by atoms with Crippen molar-refractivity contribution in [1.82, 2.24) is 4.98 Å². The van der Waals surface area contributed by atoms with E-state index in [1.807, 2.05) is 6.92 Å². The van der Waals surface area contributed by atoms with Crippen molar-refractivity contribution in [2.24, 2.45) is 5.92 Å². The lowest BCUT2D eigenvalue weighted by Gasteiger charge is -2.16. The molecule has 0 bridgehead atoms. The number of alkyl halides is 3. The molecule has 2 N–H and O–H groups in total. The number of aromatic nitrogens is 1. The van der Waals surface area contributed by atoms with Crippen LogP contribution in [0.1, 0.15) is 25.8 Å². The van der Waals surface area contributed by atoms with Gasteiger partial charge in [0.15, 0.2) is 0 Å². The zero-order valence-corrected chi connectivity index (χ0v) is 12.5. The summed E-state index contributed by atoms with van der Waals surface area (Å²) in [7, 11) is 0. The first-order valence-corrected chi connectivity index (χ1v) is 7.15. The summed E-state index contributed by atoms with van der Waals surface area (Å²) < 4.78 is 38.2. The molecule has 1 aromatic carbocycles. The quantitative estimate of drug-likeness (QED) is 0.874. The van der Waals surface area contributed by atoms with E-state index in [1.165, 1.54) is 12.3 Å². The average molecular weight is 312 g/mol. The van der Waals surface area contributed by atoms with Gasteiger partial charge in [-0.15, -0.1) is 0 Å². The number of aliphatic hydroxyl groups excluding tert-OH is 1. The molecule has 0 spiro atoms. The molecule has 22 heavy (non-hydrogen) atoms. The maximum absolute atomic E-state index is 12.7. The summed E-state index contributed by atoms with van der Waals surface area (Å²) in [5.41, 5.74) is 0.353. The van der Waals surface area contributed by atoms with Crippen molar-refractivity contribution in [1.29, 1.82) is 0 Å². The van der Waals surface area contributed by atoms with Gasteiger partial charge < -0.3 is 10.4 Å². The van der Waals surface area contributed by atoms with Crippen molar-refractivity contribution >= 4 is 16.6 Å².